The van der Waals surface area contributed by atoms with E-state index >= 15 is 0 Å². The van der Waals surface area contributed by atoms with Crippen LogP contribution in [0.15, 0.2) is 206 Å². The summed E-state index contributed by atoms with van der Waals surface area (Å²) in [5, 5.41) is 7.72. The summed E-state index contributed by atoms with van der Waals surface area (Å²) in [6.45, 7) is 0. The van der Waals surface area contributed by atoms with E-state index < -0.39 is 0 Å². The van der Waals surface area contributed by atoms with Gasteiger partial charge >= 0.3 is 0 Å². The highest BCUT2D eigenvalue weighted by Gasteiger charge is 2.69. The van der Waals surface area contributed by atoms with Crippen LogP contribution in [0, 0.1) is 0 Å². The highest BCUT2D eigenvalue weighted by atomic mass is 14.7. The molecule has 0 saturated heterocycles. The zero-order chi connectivity index (χ0) is 37.2. The fraction of sp³-hybridized carbons (Fsp3) is 0.0526. The predicted molar refractivity (Wildman–Crippen MR) is 238 cm³/mol. The third-order valence-corrected chi connectivity index (χ3v) is 13.8. The van der Waals surface area contributed by atoms with Gasteiger partial charge < -0.3 is 0 Å². The molecule has 10 aromatic rings. The standard InChI is InChI=1S/C57H36/c1-2-14-35(15-3-1)39-32-33-40(42-17-5-4-16-41(39)42)36-26-28-37(29-27-36)53-43-18-6-8-20-45(43)54(46-21-9-7-19-44(46)53)38-30-31-47-50(34-38)56-49-23-11-13-25-52(49)57(56)51-24-12-10-22-48(51)55(47)57/h1-34,55-56H. The highest BCUT2D eigenvalue weighted by molar-refractivity contribution is 6.21. The molecule has 0 aliphatic heterocycles. The molecule has 0 heterocycles. The van der Waals surface area contributed by atoms with E-state index in [9.17, 15) is 0 Å². The lowest BCUT2D eigenvalue weighted by Crippen LogP contribution is -2.52. The molecule has 13 rings (SSSR count). The van der Waals surface area contributed by atoms with Gasteiger partial charge in [0.15, 0.2) is 0 Å². The van der Waals surface area contributed by atoms with Crippen molar-refractivity contribution in [3.8, 4) is 44.5 Å². The molecular formula is C57H36. The van der Waals surface area contributed by atoms with E-state index in [1.165, 1.54) is 110 Å². The smallest absolute Gasteiger partial charge is 0.0427 e. The van der Waals surface area contributed by atoms with Crippen LogP contribution in [0.3, 0.4) is 0 Å². The summed E-state index contributed by atoms with van der Waals surface area (Å²) in [7, 11) is 0. The molecule has 0 heteroatoms. The fourth-order valence-electron chi connectivity index (χ4n) is 11.6. The van der Waals surface area contributed by atoms with Crippen molar-refractivity contribution in [1.29, 1.82) is 0 Å². The van der Waals surface area contributed by atoms with Crippen molar-refractivity contribution in [2.75, 3.05) is 0 Å². The lowest BCUT2D eigenvalue weighted by molar-refractivity contribution is 0.333. The van der Waals surface area contributed by atoms with E-state index in [1.54, 1.807) is 0 Å². The molecule has 1 spiro atoms. The first-order valence-electron chi connectivity index (χ1n) is 20.2. The van der Waals surface area contributed by atoms with Gasteiger partial charge in [-0.1, -0.05) is 206 Å². The first kappa shape index (κ1) is 31.2. The SMILES string of the molecule is c1ccc(-c2ccc(-c3ccc(-c4c5ccccc5c(-c5ccc6c(c5)C5c7ccccc7C57c5ccccc5C67)c5ccccc45)cc3)c3ccccc23)cc1. The summed E-state index contributed by atoms with van der Waals surface area (Å²) in [4.78, 5) is 0. The summed E-state index contributed by atoms with van der Waals surface area (Å²) in [6, 6.07) is 77.4. The molecule has 3 aliphatic carbocycles. The number of rotatable bonds is 4. The summed E-state index contributed by atoms with van der Waals surface area (Å²) in [5.41, 5.74) is 19.3. The van der Waals surface area contributed by atoms with Gasteiger partial charge in [-0.05, 0) is 110 Å². The number of hydrogen-bond acceptors (Lipinski definition) is 0. The van der Waals surface area contributed by atoms with Gasteiger partial charge in [0.05, 0.1) is 0 Å². The minimum absolute atomic E-state index is 0.0739. The van der Waals surface area contributed by atoms with Crippen molar-refractivity contribution in [3.05, 3.63) is 240 Å². The molecule has 0 radical (unpaired) electrons. The zero-order valence-electron chi connectivity index (χ0n) is 31.3. The maximum atomic E-state index is 2.56. The van der Waals surface area contributed by atoms with Crippen LogP contribution in [0.5, 0.6) is 0 Å². The Morgan fingerprint density at radius 1 is 0.263 bits per heavy atom. The van der Waals surface area contributed by atoms with Crippen LogP contribution in [-0.2, 0) is 5.41 Å². The average Bonchev–Trinajstić information content (AvgIpc) is 3.48. The molecule has 3 aliphatic rings. The van der Waals surface area contributed by atoms with Crippen LogP contribution in [0.2, 0.25) is 0 Å². The third-order valence-electron chi connectivity index (χ3n) is 13.8. The summed E-state index contributed by atoms with van der Waals surface area (Å²) < 4.78 is 0. The van der Waals surface area contributed by atoms with E-state index in [2.05, 4.69) is 206 Å². The van der Waals surface area contributed by atoms with Crippen molar-refractivity contribution >= 4 is 32.3 Å². The Balaban J connectivity index is 0.961. The normalized spacial score (nSPS) is 18.2. The van der Waals surface area contributed by atoms with Crippen LogP contribution in [-0.4, -0.2) is 0 Å². The van der Waals surface area contributed by atoms with Crippen LogP contribution in [0.25, 0.3) is 76.8 Å². The van der Waals surface area contributed by atoms with Gasteiger partial charge in [0, 0.05) is 17.3 Å². The topological polar surface area (TPSA) is 0 Å². The van der Waals surface area contributed by atoms with Crippen LogP contribution >= 0.6 is 0 Å². The monoisotopic (exact) mass is 720 g/mol. The first-order chi connectivity index (χ1) is 28.3. The Labute approximate surface area is 332 Å². The summed E-state index contributed by atoms with van der Waals surface area (Å²) >= 11 is 0. The van der Waals surface area contributed by atoms with Crippen molar-refractivity contribution in [1.82, 2.24) is 0 Å². The van der Waals surface area contributed by atoms with E-state index in [0.29, 0.717) is 11.8 Å². The van der Waals surface area contributed by atoms with E-state index in [1.807, 2.05) is 0 Å². The Bertz CT molecular complexity index is 3240. The molecule has 0 N–H and O–H groups in total. The van der Waals surface area contributed by atoms with E-state index in [0.717, 1.165) is 0 Å². The molecule has 57 heavy (non-hydrogen) atoms. The van der Waals surface area contributed by atoms with E-state index in [-0.39, 0.29) is 5.41 Å². The quantitative estimate of drug-likeness (QED) is 0.159. The Kier molecular flexibility index (Phi) is 6.30. The van der Waals surface area contributed by atoms with Crippen molar-refractivity contribution in [2.45, 2.75) is 17.3 Å². The van der Waals surface area contributed by atoms with Crippen molar-refractivity contribution in [3.63, 3.8) is 0 Å². The lowest BCUT2D eigenvalue weighted by atomic mass is 9.43. The second-order valence-corrected chi connectivity index (χ2v) is 16.2. The number of fused-ring (bicyclic) bond motifs is 10. The molecule has 3 unspecified atom stereocenters. The molecule has 0 nitrogen and oxygen atoms in total. The summed E-state index contributed by atoms with van der Waals surface area (Å²) in [5.74, 6) is 0.821. The number of hydrogen-bond donors (Lipinski definition) is 0. The highest BCUT2D eigenvalue weighted by Crippen LogP contribution is 2.77. The fourth-order valence-corrected chi connectivity index (χ4v) is 11.6. The van der Waals surface area contributed by atoms with Gasteiger partial charge in [0.1, 0.15) is 0 Å². The van der Waals surface area contributed by atoms with Crippen LogP contribution in [0.4, 0.5) is 0 Å². The lowest BCUT2D eigenvalue weighted by Gasteiger charge is -2.58. The van der Waals surface area contributed by atoms with Gasteiger partial charge in [-0.3, -0.25) is 0 Å². The Morgan fingerprint density at radius 3 is 1.23 bits per heavy atom. The van der Waals surface area contributed by atoms with Gasteiger partial charge in [0.2, 0.25) is 0 Å². The molecule has 10 aromatic carbocycles. The van der Waals surface area contributed by atoms with Crippen molar-refractivity contribution in [2.24, 2.45) is 0 Å². The molecule has 0 fully saturated rings. The van der Waals surface area contributed by atoms with Crippen LogP contribution in [0.1, 0.15) is 45.2 Å². The maximum Gasteiger partial charge on any atom is 0.0427 e. The van der Waals surface area contributed by atoms with Gasteiger partial charge in [-0.15, -0.1) is 0 Å². The minimum atomic E-state index is 0.0739. The minimum Gasteiger partial charge on any atom is -0.0622 e. The van der Waals surface area contributed by atoms with Gasteiger partial charge in [0.25, 0.3) is 0 Å². The molecule has 264 valence electrons. The average molecular weight is 721 g/mol. The largest absolute Gasteiger partial charge is 0.0622 e. The molecule has 0 saturated carbocycles. The molecule has 3 atom stereocenters. The molecule has 0 bridgehead atoms. The third kappa shape index (κ3) is 4.02. The van der Waals surface area contributed by atoms with Crippen molar-refractivity contribution < 1.29 is 0 Å². The van der Waals surface area contributed by atoms with Crippen LogP contribution < -0.4 is 0 Å². The molecular weight excluding hydrogens is 685 g/mol. The zero-order valence-corrected chi connectivity index (χ0v) is 31.3. The molecule has 0 aromatic heterocycles. The second kappa shape index (κ2) is 11.5. The van der Waals surface area contributed by atoms with E-state index in [4.69, 9.17) is 0 Å². The molecule has 0 amide bonds. The predicted octanol–water partition coefficient (Wildman–Crippen LogP) is 14.7. The Morgan fingerprint density at radius 2 is 0.667 bits per heavy atom. The van der Waals surface area contributed by atoms with Gasteiger partial charge in [-0.2, -0.15) is 0 Å². The number of benzene rings is 10. The second-order valence-electron chi connectivity index (χ2n) is 16.2. The Hall–Kier alpha value is -7.02. The van der Waals surface area contributed by atoms with Gasteiger partial charge in [-0.25, -0.2) is 0 Å². The first-order valence-corrected chi connectivity index (χ1v) is 20.2. The maximum absolute atomic E-state index is 2.56. The summed E-state index contributed by atoms with van der Waals surface area (Å²) in [6.07, 6.45) is 0.